The Morgan fingerprint density at radius 1 is 1.22 bits per heavy atom. The molecule has 0 atom stereocenters. The van der Waals surface area contributed by atoms with Gasteiger partial charge in [-0.2, -0.15) is 0 Å². The fourth-order valence-corrected chi connectivity index (χ4v) is 3.35. The van der Waals surface area contributed by atoms with E-state index < -0.39 is 17.1 Å². The lowest BCUT2D eigenvalue weighted by Gasteiger charge is -2.12. The Morgan fingerprint density at radius 3 is 2.70 bits per heavy atom. The molecule has 0 saturated carbocycles. The summed E-state index contributed by atoms with van der Waals surface area (Å²) in [6.07, 6.45) is 1.52. The molecule has 0 bridgehead atoms. The second-order valence-electron chi connectivity index (χ2n) is 5.53. The van der Waals surface area contributed by atoms with Crippen LogP contribution < -0.4 is 9.64 Å². The third kappa shape index (κ3) is 3.80. The molecule has 0 unspecified atom stereocenters. The van der Waals surface area contributed by atoms with E-state index in [9.17, 15) is 19.5 Å². The summed E-state index contributed by atoms with van der Waals surface area (Å²) >= 11 is 0.757. The number of hydrogen-bond donors (Lipinski definition) is 2. The van der Waals surface area contributed by atoms with Crippen LogP contribution >= 0.6 is 11.8 Å². The molecular weight excluding hydrogens is 370 g/mol. The van der Waals surface area contributed by atoms with Gasteiger partial charge >= 0.3 is 5.97 Å². The molecule has 1 fully saturated rings. The Bertz CT molecular complexity index is 968. The van der Waals surface area contributed by atoms with E-state index in [1.54, 1.807) is 19.1 Å². The van der Waals surface area contributed by atoms with Crippen LogP contribution in [0.5, 0.6) is 11.5 Å². The molecule has 2 aromatic carbocycles. The van der Waals surface area contributed by atoms with Gasteiger partial charge in [0.05, 0.1) is 22.8 Å². The first-order valence-electron chi connectivity index (χ1n) is 7.98. The van der Waals surface area contributed by atoms with Gasteiger partial charge in [0.15, 0.2) is 11.5 Å². The van der Waals surface area contributed by atoms with Crippen molar-refractivity contribution in [2.45, 2.75) is 6.92 Å². The Kier molecular flexibility index (Phi) is 5.18. The highest BCUT2D eigenvalue weighted by atomic mass is 32.2. The number of ether oxygens (including phenoxy) is 1. The van der Waals surface area contributed by atoms with E-state index in [1.165, 1.54) is 36.4 Å². The van der Waals surface area contributed by atoms with Crippen molar-refractivity contribution in [3.63, 3.8) is 0 Å². The van der Waals surface area contributed by atoms with Crippen LogP contribution in [-0.4, -0.2) is 33.9 Å². The summed E-state index contributed by atoms with van der Waals surface area (Å²) in [5.41, 5.74) is 0.762. The SMILES string of the molecule is CCOc1cc(/C=C2/SC(=O)N(c3cccc(C(=O)O)c3)C2=O)ccc1O. The standard InChI is InChI=1S/C19H15NO6S/c1-2-26-15-8-11(6-7-14(15)21)9-16-17(22)20(19(25)27-16)13-5-3-4-12(10-13)18(23)24/h3-10,21H,2H2,1H3,(H,23,24)/b16-9+. The lowest BCUT2D eigenvalue weighted by Crippen LogP contribution is -2.27. The average molecular weight is 385 g/mol. The zero-order valence-electron chi connectivity index (χ0n) is 14.2. The minimum absolute atomic E-state index is 0.0181. The maximum atomic E-state index is 12.7. The monoisotopic (exact) mass is 385 g/mol. The molecule has 1 aliphatic rings. The third-order valence-corrected chi connectivity index (χ3v) is 4.60. The number of thioether (sulfide) groups is 1. The van der Waals surface area contributed by atoms with Crippen LogP contribution in [-0.2, 0) is 4.79 Å². The van der Waals surface area contributed by atoms with E-state index in [0.29, 0.717) is 12.2 Å². The molecule has 1 saturated heterocycles. The van der Waals surface area contributed by atoms with Crippen LogP contribution in [0, 0.1) is 0 Å². The maximum Gasteiger partial charge on any atom is 0.335 e. The quantitative estimate of drug-likeness (QED) is 0.756. The Hall–Kier alpha value is -3.26. The lowest BCUT2D eigenvalue weighted by atomic mass is 10.1. The summed E-state index contributed by atoms with van der Waals surface area (Å²) < 4.78 is 5.31. The summed E-state index contributed by atoms with van der Waals surface area (Å²) in [5, 5.41) is 18.3. The lowest BCUT2D eigenvalue weighted by molar-refractivity contribution is -0.113. The van der Waals surface area contributed by atoms with Crippen molar-refractivity contribution in [1.29, 1.82) is 0 Å². The molecule has 0 spiro atoms. The fourth-order valence-electron chi connectivity index (χ4n) is 2.51. The summed E-state index contributed by atoms with van der Waals surface area (Å²) in [7, 11) is 0. The van der Waals surface area contributed by atoms with E-state index in [1.807, 2.05) is 0 Å². The van der Waals surface area contributed by atoms with Gasteiger partial charge in [0.1, 0.15) is 0 Å². The molecule has 0 radical (unpaired) electrons. The van der Waals surface area contributed by atoms with Crippen LogP contribution in [0.15, 0.2) is 47.4 Å². The van der Waals surface area contributed by atoms with Crippen molar-refractivity contribution in [2.24, 2.45) is 0 Å². The van der Waals surface area contributed by atoms with Crippen LogP contribution in [0.4, 0.5) is 10.5 Å². The van der Waals surface area contributed by atoms with E-state index in [-0.39, 0.29) is 27.7 Å². The van der Waals surface area contributed by atoms with Crippen LogP contribution in [0.2, 0.25) is 0 Å². The topological polar surface area (TPSA) is 104 Å². The smallest absolute Gasteiger partial charge is 0.335 e. The number of phenols is 1. The number of rotatable bonds is 5. The Labute approximate surface area is 158 Å². The first-order valence-corrected chi connectivity index (χ1v) is 8.79. The summed E-state index contributed by atoms with van der Waals surface area (Å²) in [5.74, 6) is -1.43. The second-order valence-corrected chi connectivity index (χ2v) is 6.53. The first kappa shape index (κ1) is 18.5. The van der Waals surface area contributed by atoms with Crippen molar-refractivity contribution in [3.8, 4) is 11.5 Å². The molecule has 0 aliphatic carbocycles. The number of benzene rings is 2. The zero-order chi connectivity index (χ0) is 19.6. The van der Waals surface area contributed by atoms with Crippen LogP contribution in [0.25, 0.3) is 6.08 Å². The number of carbonyl (C=O) groups is 3. The molecule has 1 heterocycles. The number of aromatic hydroxyl groups is 1. The second kappa shape index (κ2) is 7.55. The number of carbonyl (C=O) groups excluding carboxylic acids is 2. The van der Waals surface area contributed by atoms with E-state index >= 15 is 0 Å². The largest absolute Gasteiger partial charge is 0.504 e. The molecule has 27 heavy (non-hydrogen) atoms. The van der Waals surface area contributed by atoms with Gasteiger partial charge in [0, 0.05) is 0 Å². The zero-order valence-corrected chi connectivity index (χ0v) is 15.0. The summed E-state index contributed by atoms with van der Waals surface area (Å²) in [4.78, 5) is 37.2. The van der Waals surface area contributed by atoms with Gasteiger partial charge < -0.3 is 14.9 Å². The van der Waals surface area contributed by atoms with Gasteiger partial charge in [0.2, 0.25) is 0 Å². The number of hydrogen-bond acceptors (Lipinski definition) is 6. The molecule has 2 N–H and O–H groups in total. The Balaban J connectivity index is 1.92. The fraction of sp³-hybridized carbons (Fsp3) is 0.105. The number of imide groups is 1. The van der Waals surface area contributed by atoms with Crippen LogP contribution in [0.1, 0.15) is 22.8 Å². The van der Waals surface area contributed by atoms with Gasteiger partial charge in [-0.3, -0.25) is 9.59 Å². The van der Waals surface area contributed by atoms with Gasteiger partial charge in [-0.05, 0) is 60.7 Å². The van der Waals surface area contributed by atoms with E-state index in [2.05, 4.69) is 0 Å². The maximum absolute atomic E-state index is 12.7. The molecular formula is C19H15NO6S. The van der Waals surface area contributed by atoms with Crippen molar-refractivity contribution < 1.29 is 29.3 Å². The van der Waals surface area contributed by atoms with Crippen molar-refractivity contribution >= 4 is 40.6 Å². The molecule has 1 aliphatic heterocycles. The van der Waals surface area contributed by atoms with Gasteiger partial charge in [-0.15, -0.1) is 0 Å². The molecule has 7 nitrogen and oxygen atoms in total. The first-order chi connectivity index (χ1) is 12.9. The number of carboxylic acids is 1. The minimum atomic E-state index is -1.15. The van der Waals surface area contributed by atoms with Crippen molar-refractivity contribution in [2.75, 3.05) is 11.5 Å². The van der Waals surface area contributed by atoms with Gasteiger partial charge in [-0.1, -0.05) is 12.1 Å². The number of nitrogens with zero attached hydrogens (tertiary/aromatic N) is 1. The average Bonchev–Trinajstić information content (AvgIpc) is 2.91. The minimum Gasteiger partial charge on any atom is -0.504 e. The summed E-state index contributed by atoms with van der Waals surface area (Å²) in [6.45, 7) is 2.15. The highest BCUT2D eigenvalue weighted by Crippen LogP contribution is 2.37. The third-order valence-electron chi connectivity index (χ3n) is 3.73. The molecule has 138 valence electrons. The van der Waals surface area contributed by atoms with Crippen LogP contribution in [0.3, 0.4) is 0 Å². The number of amides is 2. The van der Waals surface area contributed by atoms with Gasteiger partial charge in [-0.25, -0.2) is 9.69 Å². The molecule has 3 rings (SSSR count). The summed E-state index contributed by atoms with van der Waals surface area (Å²) in [6, 6.07) is 10.2. The van der Waals surface area contributed by atoms with E-state index in [0.717, 1.165) is 16.7 Å². The molecule has 8 heteroatoms. The highest BCUT2D eigenvalue weighted by molar-refractivity contribution is 8.19. The predicted molar refractivity (Wildman–Crippen MR) is 101 cm³/mol. The van der Waals surface area contributed by atoms with E-state index in [4.69, 9.17) is 9.84 Å². The van der Waals surface area contributed by atoms with Crippen molar-refractivity contribution in [1.82, 2.24) is 0 Å². The molecule has 2 aromatic rings. The van der Waals surface area contributed by atoms with Crippen molar-refractivity contribution in [3.05, 3.63) is 58.5 Å². The number of anilines is 1. The number of aromatic carboxylic acids is 1. The molecule has 2 amide bonds. The normalized spacial score (nSPS) is 15.4. The number of carboxylic acid groups (broad SMARTS) is 1. The number of phenolic OH excluding ortho intramolecular Hbond substituents is 1. The Morgan fingerprint density at radius 2 is 2.00 bits per heavy atom. The van der Waals surface area contributed by atoms with Gasteiger partial charge in [0.25, 0.3) is 11.1 Å². The molecule has 0 aromatic heterocycles. The highest BCUT2D eigenvalue weighted by Gasteiger charge is 2.36. The predicted octanol–water partition coefficient (Wildman–Crippen LogP) is 3.73.